The van der Waals surface area contributed by atoms with Gasteiger partial charge in [0, 0.05) is 29.8 Å². The highest BCUT2D eigenvalue weighted by Crippen LogP contribution is 2.29. The van der Waals surface area contributed by atoms with E-state index < -0.39 is 0 Å². The Bertz CT molecular complexity index is 1760. The van der Waals surface area contributed by atoms with Crippen molar-refractivity contribution in [2.24, 2.45) is 0 Å². The molecule has 0 fully saturated rings. The zero-order chi connectivity index (χ0) is 30.8. The number of aromatic nitrogens is 2. The Balaban J connectivity index is 1.58. The van der Waals surface area contributed by atoms with Gasteiger partial charge in [-0.15, -0.1) is 0 Å². The summed E-state index contributed by atoms with van der Waals surface area (Å²) in [6.07, 6.45) is 0.316. The molecule has 3 aromatic carbocycles. The molecular weight excluding hydrogens is 589 g/mol. The fourth-order valence-corrected chi connectivity index (χ4v) is 5.45. The van der Waals surface area contributed by atoms with Crippen molar-refractivity contribution in [1.29, 1.82) is 0 Å². The number of ether oxygens (including phenoxy) is 1. The number of anilines is 1. The van der Waals surface area contributed by atoms with Crippen LogP contribution in [0.5, 0.6) is 5.75 Å². The van der Waals surface area contributed by atoms with E-state index in [-0.39, 0.29) is 36.0 Å². The van der Waals surface area contributed by atoms with Gasteiger partial charge in [-0.25, -0.2) is 9.55 Å². The third-order valence-corrected chi connectivity index (χ3v) is 8.33. The van der Waals surface area contributed by atoms with Crippen molar-refractivity contribution in [2.45, 2.75) is 38.9 Å². The number of nitrogens with one attached hydrogen (secondary N) is 2. The van der Waals surface area contributed by atoms with Crippen LogP contribution in [-0.4, -0.2) is 46.5 Å². The van der Waals surface area contributed by atoms with Crippen LogP contribution in [0.15, 0.2) is 71.5 Å². The van der Waals surface area contributed by atoms with Gasteiger partial charge in [0.2, 0.25) is 5.95 Å². The van der Waals surface area contributed by atoms with Crippen LogP contribution in [0.2, 0.25) is 10.0 Å². The maximum atomic E-state index is 14.2. The van der Waals surface area contributed by atoms with Gasteiger partial charge >= 0.3 is 0 Å². The van der Waals surface area contributed by atoms with Crippen LogP contribution >= 0.6 is 23.2 Å². The Kier molecular flexibility index (Phi) is 8.75. The normalized spacial score (nSPS) is 14.9. The lowest BCUT2D eigenvalue weighted by Gasteiger charge is -2.35. The predicted octanol–water partition coefficient (Wildman–Crippen LogP) is 5.67. The molecule has 43 heavy (non-hydrogen) atoms. The number of methoxy groups -OCH3 is 1. The van der Waals surface area contributed by atoms with E-state index in [0.29, 0.717) is 56.2 Å². The van der Waals surface area contributed by atoms with E-state index >= 15 is 0 Å². The van der Waals surface area contributed by atoms with Crippen molar-refractivity contribution in [3.05, 3.63) is 115 Å². The minimum absolute atomic E-state index is 0.142. The Morgan fingerprint density at radius 3 is 2.42 bits per heavy atom. The molecule has 2 N–H and O–H groups in total. The number of carbonyl (C=O) groups excluding carboxylic acids is 2. The first-order valence-electron chi connectivity index (χ1n) is 13.7. The highest BCUT2D eigenvalue weighted by molar-refractivity contribution is 6.42. The standard InChI is InChI=1S/C32H31Cl2N5O4/c1-18-14-25-28(17-38(18)30(41)22-10-13-26(33)27(34)16-22)37-32(36-19(2)21-6-5-7-24(15-21)43-4)39(31(25)42)23-11-8-20(9-12-23)29(40)35-3/h5-13,15-16,18-19H,14,17H2,1-4H3,(H,35,40)(H,36,37)/t18-,19+/m1/s1. The van der Waals surface area contributed by atoms with Crippen molar-refractivity contribution >= 4 is 41.0 Å². The molecule has 2 heterocycles. The summed E-state index contributed by atoms with van der Waals surface area (Å²) in [7, 11) is 3.17. The van der Waals surface area contributed by atoms with Crippen molar-refractivity contribution < 1.29 is 14.3 Å². The van der Waals surface area contributed by atoms with Gasteiger partial charge in [0.05, 0.1) is 41.1 Å². The maximum Gasteiger partial charge on any atom is 0.263 e. The molecule has 1 aliphatic rings. The van der Waals surface area contributed by atoms with Gasteiger partial charge in [-0.1, -0.05) is 35.3 Å². The molecule has 0 saturated heterocycles. The molecule has 2 amide bonds. The molecule has 0 bridgehead atoms. The van der Waals surface area contributed by atoms with E-state index in [1.54, 1.807) is 61.5 Å². The van der Waals surface area contributed by atoms with Gasteiger partial charge < -0.3 is 20.3 Å². The number of amides is 2. The number of benzene rings is 3. The summed E-state index contributed by atoms with van der Waals surface area (Å²) in [6.45, 7) is 4.00. The van der Waals surface area contributed by atoms with Crippen LogP contribution in [0.3, 0.4) is 0 Å². The maximum absolute atomic E-state index is 14.2. The Morgan fingerprint density at radius 1 is 1.02 bits per heavy atom. The second kappa shape index (κ2) is 12.5. The van der Waals surface area contributed by atoms with E-state index in [0.717, 1.165) is 5.56 Å². The SMILES string of the molecule is CNC(=O)c1ccc(-n2c(N[C@@H](C)c3cccc(OC)c3)nc3c(c2=O)C[C@@H](C)N(C(=O)c2ccc(Cl)c(Cl)c2)C3)cc1. The first-order valence-corrected chi connectivity index (χ1v) is 14.5. The number of halogens is 2. The number of hydrogen-bond donors (Lipinski definition) is 2. The number of carbonyl (C=O) groups is 2. The van der Waals surface area contributed by atoms with E-state index in [2.05, 4.69) is 10.6 Å². The average Bonchev–Trinajstić information content (AvgIpc) is 3.02. The fourth-order valence-electron chi connectivity index (χ4n) is 5.16. The van der Waals surface area contributed by atoms with Gasteiger partial charge in [0.25, 0.3) is 17.4 Å². The molecule has 1 aliphatic heterocycles. The summed E-state index contributed by atoms with van der Waals surface area (Å²) in [6, 6.07) is 18.6. The second-order valence-corrected chi connectivity index (χ2v) is 11.2. The largest absolute Gasteiger partial charge is 0.497 e. The van der Waals surface area contributed by atoms with Gasteiger partial charge in [0.15, 0.2) is 0 Å². The first kappa shape index (κ1) is 30.1. The number of fused-ring (bicyclic) bond motifs is 1. The molecular formula is C32H31Cl2N5O4. The lowest BCUT2D eigenvalue weighted by Crippen LogP contribution is -2.46. The molecule has 9 nitrogen and oxygen atoms in total. The van der Waals surface area contributed by atoms with Crippen LogP contribution in [-0.2, 0) is 13.0 Å². The molecule has 1 aromatic heterocycles. The Labute approximate surface area is 259 Å². The highest BCUT2D eigenvalue weighted by Gasteiger charge is 2.32. The molecule has 5 rings (SSSR count). The summed E-state index contributed by atoms with van der Waals surface area (Å²) in [4.78, 5) is 46.4. The average molecular weight is 621 g/mol. The molecule has 0 radical (unpaired) electrons. The molecule has 2 atom stereocenters. The quantitative estimate of drug-likeness (QED) is 0.276. The van der Waals surface area contributed by atoms with Crippen molar-refractivity contribution in [3.8, 4) is 11.4 Å². The molecule has 11 heteroatoms. The van der Waals surface area contributed by atoms with Crippen LogP contribution in [0, 0.1) is 0 Å². The van der Waals surface area contributed by atoms with Crippen LogP contribution in [0.4, 0.5) is 5.95 Å². The molecule has 0 unspecified atom stereocenters. The Hall–Kier alpha value is -4.34. The summed E-state index contributed by atoms with van der Waals surface area (Å²) in [5.41, 5.74) is 3.14. The molecule has 0 saturated carbocycles. The minimum atomic E-state index is -0.275. The van der Waals surface area contributed by atoms with Crippen molar-refractivity contribution in [3.63, 3.8) is 0 Å². The van der Waals surface area contributed by atoms with E-state index in [1.807, 2.05) is 38.1 Å². The van der Waals surface area contributed by atoms with Crippen LogP contribution < -0.4 is 20.9 Å². The second-order valence-electron chi connectivity index (χ2n) is 10.4. The van der Waals surface area contributed by atoms with Crippen LogP contribution in [0.25, 0.3) is 5.69 Å². The summed E-state index contributed by atoms with van der Waals surface area (Å²) in [5, 5.41) is 6.66. The third kappa shape index (κ3) is 6.09. The van der Waals surface area contributed by atoms with E-state index in [9.17, 15) is 14.4 Å². The predicted molar refractivity (Wildman–Crippen MR) is 168 cm³/mol. The Morgan fingerprint density at radius 2 is 1.74 bits per heavy atom. The monoisotopic (exact) mass is 619 g/mol. The fraction of sp³-hybridized carbons (Fsp3) is 0.250. The zero-order valence-corrected chi connectivity index (χ0v) is 25.7. The van der Waals surface area contributed by atoms with Gasteiger partial charge in [-0.05, 0) is 80.4 Å². The summed E-state index contributed by atoms with van der Waals surface area (Å²) in [5.74, 6) is 0.556. The zero-order valence-electron chi connectivity index (χ0n) is 24.2. The topological polar surface area (TPSA) is 106 Å². The summed E-state index contributed by atoms with van der Waals surface area (Å²) < 4.78 is 6.91. The molecule has 0 spiro atoms. The van der Waals surface area contributed by atoms with Gasteiger partial charge in [-0.3, -0.25) is 14.4 Å². The highest BCUT2D eigenvalue weighted by atomic mass is 35.5. The van der Waals surface area contributed by atoms with E-state index in [1.165, 1.54) is 4.57 Å². The minimum Gasteiger partial charge on any atom is -0.497 e. The number of nitrogens with zero attached hydrogens (tertiary/aromatic N) is 3. The van der Waals surface area contributed by atoms with Crippen molar-refractivity contribution in [2.75, 3.05) is 19.5 Å². The number of rotatable bonds is 7. The smallest absolute Gasteiger partial charge is 0.263 e. The lowest BCUT2D eigenvalue weighted by molar-refractivity contribution is 0.0653. The van der Waals surface area contributed by atoms with Crippen molar-refractivity contribution in [1.82, 2.24) is 19.8 Å². The van der Waals surface area contributed by atoms with Gasteiger partial charge in [-0.2, -0.15) is 0 Å². The first-order chi connectivity index (χ1) is 20.6. The van der Waals surface area contributed by atoms with Gasteiger partial charge in [0.1, 0.15) is 5.75 Å². The third-order valence-electron chi connectivity index (χ3n) is 7.60. The molecule has 222 valence electrons. The lowest BCUT2D eigenvalue weighted by atomic mass is 9.98. The van der Waals surface area contributed by atoms with E-state index in [4.69, 9.17) is 32.9 Å². The molecule has 4 aromatic rings. The summed E-state index contributed by atoms with van der Waals surface area (Å²) >= 11 is 12.3. The van der Waals surface area contributed by atoms with Crippen LogP contribution in [0.1, 0.15) is 57.4 Å². The number of hydrogen-bond acceptors (Lipinski definition) is 6. The molecule has 0 aliphatic carbocycles.